The lowest BCUT2D eigenvalue weighted by Crippen LogP contribution is -2.46. The maximum Gasteiger partial charge on any atom is 0.282 e. The minimum atomic E-state index is -1.33. The summed E-state index contributed by atoms with van der Waals surface area (Å²) in [6, 6.07) is 21.4. The zero-order chi connectivity index (χ0) is 22.1. The van der Waals surface area contributed by atoms with Crippen LogP contribution in [-0.4, -0.2) is 31.4 Å². The molecule has 0 saturated carbocycles. The van der Waals surface area contributed by atoms with Gasteiger partial charge in [0.15, 0.2) is 5.16 Å². The van der Waals surface area contributed by atoms with Gasteiger partial charge >= 0.3 is 0 Å². The molecule has 3 nitrogen and oxygen atoms in total. The third kappa shape index (κ3) is 7.16. The molecule has 2 aromatic carbocycles. The Bertz CT molecular complexity index is 927. The summed E-state index contributed by atoms with van der Waals surface area (Å²) in [5, 5.41) is 3.36. The van der Waals surface area contributed by atoms with Crippen molar-refractivity contribution in [3.8, 4) is 0 Å². The molecule has 161 valence electrons. The van der Waals surface area contributed by atoms with Crippen LogP contribution in [0.25, 0.3) is 0 Å². The second-order valence-corrected chi connectivity index (χ2v) is 11.7. The molecule has 0 aliphatic rings. The van der Waals surface area contributed by atoms with E-state index in [0.29, 0.717) is 12.5 Å². The highest BCUT2D eigenvalue weighted by atomic mass is 32.2. The molecule has 0 bridgehead atoms. The Hall–Kier alpha value is -2.21. The summed E-state index contributed by atoms with van der Waals surface area (Å²) in [7, 11) is -1.33. The Labute approximate surface area is 192 Å². The van der Waals surface area contributed by atoms with Gasteiger partial charge in [0.1, 0.15) is 0 Å². The normalized spacial score (nSPS) is 12.6. The van der Waals surface area contributed by atoms with E-state index in [1.54, 1.807) is 24.2 Å². The van der Waals surface area contributed by atoms with Gasteiger partial charge in [-0.2, -0.15) is 0 Å². The number of benzene rings is 2. The van der Waals surface area contributed by atoms with E-state index < -0.39 is 9.04 Å². The Morgan fingerprint density at radius 2 is 1.61 bits per heavy atom. The lowest BCUT2D eigenvalue weighted by molar-refractivity contribution is 0.274. The first-order chi connectivity index (χ1) is 15.0. The van der Waals surface area contributed by atoms with Crippen molar-refractivity contribution < 1.29 is 4.43 Å². The Morgan fingerprint density at radius 3 is 2.23 bits per heavy atom. The van der Waals surface area contributed by atoms with Crippen LogP contribution in [-0.2, 0) is 9.84 Å². The standard InChI is InChI=1S/C26H31N2OSSi/c1-5-10-21(20-30-25-27-17-9-18-28-25)19-29-31(23-11-7-6-8-12-23)24-15-13-22(14-16-24)26(2,3)4/h5-9,11-18,21H,1,10,19-20H2,2-4H3/t21-/m0/s1. The molecule has 31 heavy (non-hydrogen) atoms. The molecule has 0 spiro atoms. The Kier molecular flexibility index (Phi) is 8.64. The maximum absolute atomic E-state index is 6.64. The molecule has 0 saturated heterocycles. The molecule has 0 unspecified atom stereocenters. The SMILES string of the molecule is C=CC[C@@H](CO[Si](c1ccccc1)c1ccc(C(C)(C)C)cc1)CSc1ncccn1. The predicted molar refractivity (Wildman–Crippen MR) is 134 cm³/mol. The number of hydrogen-bond donors (Lipinski definition) is 0. The highest BCUT2D eigenvalue weighted by Gasteiger charge is 2.22. The number of nitrogens with zero attached hydrogens (tertiary/aromatic N) is 2. The molecule has 0 aliphatic carbocycles. The molecule has 3 rings (SSSR count). The lowest BCUT2D eigenvalue weighted by Gasteiger charge is -2.23. The number of hydrogen-bond acceptors (Lipinski definition) is 4. The van der Waals surface area contributed by atoms with Crippen molar-refractivity contribution in [2.45, 2.75) is 37.8 Å². The van der Waals surface area contributed by atoms with Gasteiger partial charge in [-0.3, -0.25) is 0 Å². The van der Waals surface area contributed by atoms with Crippen LogP contribution in [0.3, 0.4) is 0 Å². The van der Waals surface area contributed by atoms with E-state index in [1.807, 2.05) is 12.1 Å². The van der Waals surface area contributed by atoms with Crippen LogP contribution in [0.2, 0.25) is 0 Å². The lowest BCUT2D eigenvalue weighted by atomic mass is 9.87. The fourth-order valence-corrected chi connectivity index (χ4v) is 6.14. The average Bonchev–Trinajstić information content (AvgIpc) is 2.78. The van der Waals surface area contributed by atoms with E-state index in [9.17, 15) is 0 Å². The van der Waals surface area contributed by atoms with Crippen molar-refractivity contribution in [2.24, 2.45) is 5.92 Å². The molecule has 0 fully saturated rings. The van der Waals surface area contributed by atoms with Crippen LogP contribution < -0.4 is 10.4 Å². The van der Waals surface area contributed by atoms with Crippen molar-refractivity contribution in [3.63, 3.8) is 0 Å². The summed E-state index contributed by atoms with van der Waals surface area (Å²) in [6.07, 6.45) is 6.46. The van der Waals surface area contributed by atoms with Gasteiger partial charge < -0.3 is 4.43 Å². The second kappa shape index (κ2) is 11.4. The topological polar surface area (TPSA) is 35.0 Å². The molecule has 1 heterocycles. The molecule has 1 radical (unpaired) electrons. The van der Waals surface area contributed by atoms with Crippen LogP contribution in [0.15, 0.2) is 90.9 Å². The highest BCUT2D eigenvalue weighted by molar-refractivity contribution is 7.99. The van der Waals surface area contributed by atoms with Gasteiger partial charge in [0.05, 0.1) is 0 Å². The first kappa shape index (κ1) is 23.5. The number of rotatable bonds is 10. The van der Waals surface area contributed by atoms with Crippen LogP contribution in [0.4, 0.5) is 0 Å². The van der Waals surface area contributed by atoms with E-state index in [4.69, 9.17) is 4.43 Å². The van der Waals surface area contributed by atoms with Crippen molar-refractivity contribution >= 4 is 31.2 Å². The maximum atomic E-state index is 6.64. The van der Waals surface area contributed by atoms with Crippen molar-refractivity contribution in [3.05, 3.63) is 91.3 Å². The average molecular weight is 448 g/mol. The summed E-state index contributed by atoms with van der Waals surface area (Å²) >= 11 is 1.68. The van der Waals surface area contributed by atoms with Crippen molar-refractivity contribution in [1.82, 2.24) is 9.97 Å². The van der Waals surface area contributed by atoms with E-state index in [-0.39, 0.29) is 5.41 Å². The largest absolute Gasteiger partial charge is 0.407 e. The Morgan fingerprint density at radius 1 is 0.968 bits per heavy atom. The molecule has 1 atom stereocenters. The zero-order valence-corrected chi connectivity index (χ0v) is 20.4. The Balaban J connectivity index is 1.74. The van der Waals surface area contributed by atoms with Crippen LogP contribution in [0.1, 0.15) is 32.8 Å². The third-order valence-electron chi connectivity index (χ3n) is 5.00. The minimum Gasteiger partial charge on any atom is -0.407 e. The van der Waals surface area contributed by atoms with Gasteiger partial charge in [-0.25, -0.2) is 9.97 Å². The van der Waals surface area contributed by atoms with Gasteiger partial charge in [0.25, 0.3) is 9.04 Å². The summed E-state index contributed by atoms with van der Waals surface area (Å²) in [5.74, 6) is 1.27. The number of allylic oxidation sites excluding steroid dienone is 1. The van der Waals surface area contributed by atoms with Gasteiger partial charge in [0.2, 0.25) is 0 Å². The fourth-order valence-electron chi connectivity index (χ4n) is 3.22. The molecule has 1 aromatic heterocycles. The van der Waals surface area contributed by atoms with Crippen LogP contribution >= 0.6 is 11.8 Å². The molecular formula is C26H31N2OSSi. The van der Waals surface area contributed by atoms with Gasteiger partial charge in [-0.05, 0) is 39.8 Å². The first-order valence-corrected chi connectivity index (χ1v) is 13.0. The number of aromatic nitrogens is 2. The molecular weight excluding hydrogens is 416 g/mol. The van der Waals surface area contributed by atoms with E-state index >= 15 is 0 Å². The summed E-state index contributed by atoms with van der Waals surface area (Å²) in [5.41, 5.74) is 1.49. The number of thioether (sulfide) groups is 1. The van der Waals surface area contributed by atoms with E-state index in [1.165, 1.54) is 15.9 Å². The fraction of sp³-hybridized carbons (Fsp3) is 0.308. The molecule has 0 N–H and O–H groups in total. The van der Waals surface area contributed by atoms with E-state index in [2.05, 4.69) is 91.9 Å². The van der Waals surface area contributed by atoms with Gasteiger partial charge in [-0.15, -0.1) is 6.58 Å². The minimum absolute atomic E-state index is 0.144. The second-order valence-electron chi connectivity index (χ2n) is 8.57. The summed E-state index contributed by atoms with van der Waals surface area (Å²) < 4.78 is 6.64. The third-order valence-corrected chi connectivity index (χ3v) is 8.28. The summed E-state index contributed by atoms with van der Waals surface area (Å²) in [6.45, 7) is 11.4. The smallest absolute Gasteiger partial charge is 0.282 e. The predicted octanol–water partition coefficient (Wildman–Crippen LogP) is 4.88. The quantitative estimate of drug-likeness (QED) is 0.192. The van der Waals surface area contributed by atoms with Crippen molar-refractivity contribution in [1.29, 1.82) is 0 Å². The highest BCUT2D eigenvalue weighted by Crippen LogP contribution is 2.21. The monoisotopic (exact) mass is 447 g/mol. The zero-order valence-electron chi connectivity index (χ0n) is 18.6. The molecule has 5 heteroatoms. The molecule has 0 amide bonds. The molecule has 0 aliphatic heterocycles. The summed E-state index contributed by atoms with van der Waals surface area (Å²) in [4.78, 5) is 8.64. The van der Waals surface area contributed by atoms with Crippen molar-refractivity contribution in [2.75, 3.05) is 12.4 Å². The van der Waals surface area contributed by atoms with Crippen LogP contribution in [0.5, 0.6) is 0 Å². The van der Waals surface area contributed by atoms with Gasteiger partial charge in [-0.1, -0.05) is 93.2 Å². The van der Waals surface area contributed by atoms with Crippen LogP contribution in [0, 0.1) is 5.92 Å². The molecule has 3 aromatic rings. The van der Waals surface area contributed by atoms with E-state index in [0.717, 1.165) is 17.3 Å². The van der Waals surface area contributed by atoms with Gasteiger partial charge in [0, 0.05) is 24.8 Å². The first-order valence-electron chi connectivity index (χ1n) is 10.6.